The number of amides is 1. The Morgan fingerprint density at radius 2 is 2.09 bits per heavy atom. The summed E-state index contributed by atoms with van der Waals surface area (Å²) in [6.45, 7) is 1.52. The molecule has 0 aliphatic carbocycles. The van der Waals surface area contributed by atoms with Gasteiger partial charge in [0.15, 0.2) is 11.5 Å². The van der Waals surface area contributed by atoms with Gasteiger partial charge in [-0.1, -0.05) is 16.8 Å². The van der Waals surface area contributed by atoms with E-state index in [-0.39, 0.29) is 34.5 Å². The monoisotopic (exact) mass is 513 g/mol. The van der Waals surface area contributed by atoms with Gasteiger partial charge in [-0.3, -0.25) is 10.0 Å². The summed E-state index contributed by atoms with van der Waals surface area (Å²) in [6, 6.07) is 4.13. The summed E-state index contributed by atoms with van der Waals surface area (Å²) < 4.78 is 50.8. The van der Waals surface area contributed by atoms with E-state index in [0.717, 1.165) is 18.5 Å². The number of nitrogens with zero attached hydrogens (tertiary/aromatic N) is 5. The van der Waals surface area contributed by atoms with E-state index in [1.54, 1.807) is 7.05 Å². The van der Waals surface area contributed by atoms with Gasteiger partial charge in [-0.2, -0.15) is 0 Å². The van der Waals surface area contributed by atoms with Gasteiger partial charge in [-0.05, 0) is 25.1 Å². The number of pyridine rings is 2. The lowest BCUT2D eigenvalue weighted by Gasteiger charge is -2.15. The van der Waals surface area contributed by atoms with Gasteiger partial charge in [-0.25, -0.2) is 32.3 Å². The van der Waals surface area contributed by atoms with E-state index in [1.807, 2.05) is 0 Å². The number of hydrogen-bond acceptors (Lipinski definition) is 9. The van der Waals surface area contributed by atoms with Crippen molar-refractivity contribution in [3.8, 4) is 11.4 Å². The third-order valence-electron chi connectivity index (χ3n) is 4.40. The molecular weight excluding hydrogens is 493 g/mol. The molecule has 0 bridgehead atoms. The summed E-state index contributed by atoms with van der Waals surface area (Å²) in [5, 5.41) is 10.5. The number of hydrogen-bond donors (Lipinski definition) is 2. The summed E-state index contributed by atoms with van der Waals surface area (Å²) in [5.41, 5.74) is 1.22. The summed E-state index contributed by atoms with van der Waals surface area (Å²) in [4.78, 5) is 20.6. The van der Waals surface area contributed by atoms with Crippen LogP contribution in [0.25, 0.3) is 11.4 Å². The zero-order valence-corrected chi connectivity index (χ0v) is 20.1. The van der Waals surface area contributed by atoms with Gasteiger partial charge in [0.1, 0.15) is 17.1 Å². The summed E-state index contributed by atoms with van der Waals surface area (Å²) in [5.74, 6) is -0.472. The van der Waals surface area contributed by atoms with E-state index >= 15 is 0 Å². The van der Waals surface area contributed by atoms with Crippen LogP contribution in [-0.2, 0) is 33.2 Å². The van der Waals surface area contributed by atoms with Crippen LogP contribution >= 0.6 is 11.6 Å². The number of methoxy groups -OCH3 is 1. The van der Waals surface area contributed by atoms with E-state index in [4.69, 9.17) is 21.1 Å². The zero-order valence-electron chi connectivity index (χ0n) is 18.5. The van der Waals surface area contributed by atoms with Crippen LogP contribution in [0, 0.1) is 5.82 Å². The topological polar surface area (TPSA) is 150 Å². The first kappa shape index (κ1) is 25.3. The molecule has 0 spiro atoms. The second-order valence-electron chi connectivity index (χ2n) is 7.11. The minimum atomic E-state index is -3.54. The highest BCUT2D eigenvalue weighted by Crippen LogP contribution is 2.28. The first-order valence-electron chi connectivity index (χ1n) is 9.63. The van der Waals surface area contributed by atoms with Gasteiger partial charge in [0, 0.05) is 19.7 Å². The SMILES string of the molecule is COCc1nc(-c2nnn(C)c2NC(=O)OC(C)c2cc(F)cnc2Cl)ccc1NS(C)(=O)=O. The molecule has 0 aromatic carbocycles. The largest absolute Gasteiger partial charge is 0.441 e. The van der Waals surface area contributed by atoms with E-state index in [0.29, 0.717) is 11.4 Å². The molecule has 3 aromatic heterocycles. The molecule has 12 nitrogen and oxygen atoms in total. The first-order valence-corrected chi connectivity index (χ1v) is 11.9. The van der Waals surface area contributed by atoms with Crippen molar-refractivity contribution in [2.24, 2.45) is 7.05 Å². The Balaban J connectivity index is 1.85. The minimum absolute atomic E-state index is 0.00209. The highest BCUT2D eigenvalue weighted by Gasteiger charge is 2.22. The highest BCUT2D eigenvalue weighted by molar-refractivity contribution is 7.92. The molecule has 0 saturated heterocycles. The third kappa shape index (κ3) is 6.15. The van der Waals surface area contributed by atoms with Crippen molar-refractivity contribution in [2.45, 2.75) is 19.6 Å². The number of carbonyl (C=O) groups excluding carboxylic acids is 1. The molecule has 0 fully saturated rings. The minimum Gasteiger partial charge on any atom is -0.441 e. The maximum Gasteiger partial charge on any atom is 0.413 e. The fraction of sp³-hybridized carbons (Fsp3) is 0.316. The van der Waals surface area contributed by atoms with Crippen molar-refractivity contribution in [3.05, 3.63) is 46.6 Å². The molecule has 0 aliphatic heterocycles. The predicted octanol–water partition coefficient (Wildman–Crippen LogP) is 2.89. The fourth-order valence-corrected chi connectivity index (χ4v) is 3.76. The Morgan fingerprint density at radius 1 is 1.35 bits per heavy atom. The lowest BCUT2D eigenvalue weighted by atomic mass is 10.2. The molecule has 15 heteroatoms. The number of sulfonamides is 1. The van der Waals surface area contributed by atoms with Crippen LogP contribution in [0.1, 0.15) is 24.3 Å². The molecule has 0 aliphatic rings. The molecule has 1 atom stereocenters. The van der Waals surface area contributed by atoms with Gasteiger partial charge in [0.05, 0.1) is 36.1 Å². The Bertz CT molecular complexity index is 1320. The summed E-state index contributed by atoms with van der Waals surface area (Å²) in [7, 11) is -0.568. The van der Waals surface area contributed by atoms with Crippen molar-refractivity contribution >= 4 is 39.2 Å². The van der Waals surface area contributed by atoms with Crippen LogP contribution in [0.5, 0.6) is 0 Å². The quantitative estimate of drug-likeness (QED) is 0.433. The zero-order chi connectivity index (χ0) is 25.0. The third-order valence-corrected chi connectivity index (χ3v) is 5.30. The molecule has 34 heavy (non-hydrogen) atoms. The average Bonchev–Trinajstić information content (AvgIpc) is 3.10. The number of ether oxygens (including phenoxy) is 2. The van der Waals surface area contributed by atoms with Crippen LogP contribution in [0.15, 0.2) is 24.4 Å². The van der Waals surface area contributed by atoms with Crippen LogP contribution in [0.2, 0.25) is 5.15 Å². The molecule has 3 aromatic rings. The molecule has 1 amide bonds. The Kier molecular flexibility index (Phi) is 7.64. The van der Waals surface area contributed by atoms with Crippen LogP contribution < -0.4 is 10.0 Å². The lowest BCUT2D eigenvalue weighted by molar-refractivity contribution is 0.120. The first-order chi connectivity index (χ1) is 16.0. The smallest absolute Gasteiger partial charge is 0.413 e. The number of aromatic nitrogens is 5. The number of carbonyl (C=O) groups is 1. The van der Waals surface area contributed by atoms with Crippen molar-refractivity contribution in [3.63, 3.8) is 0 Å². The van der Waals surface area contributed by atoms with E-state index in [9.17, 15) is 17.6 Å². The van der Waals surface area contributed by atoms with Crippen LogP contribution in [0.4, 0.5) is 20.7 Å². The van der Waals surface area contributed by atoms with Gasteiger partial charge in [-0.15, -0.1) is 5.10 Å². The molecular formula is C19H21ClFN7O5S. The maximum atomic E-state index is 13.5. The Labute approximate surface area is 199 Å². The number of aryl methyl sites for hydroxylation is 1. The second-order valence-corrected chi connectivity index (χ2v) is 9.22. The molecule has 3 rings (SSSR count). The van der Waals surface area contributed by atoms with Crippen LogP contribution in [0.3, 0.4) is 0 Å². The standard InChI is InChI=1S/C19H21ClFN7O5S/c1-10(12-7-11(21)8-22-17(12)20)33-19(29)24-18-16(25-27-28(18)2)14-6-5-13(26-34(4,30)31)15(23-14)9-32-3/h5-8,10,26H,9H2,1-4H3,(H,24,29). The summed E-state index contributed by atoms with van der Waals surface area (Å²) in [6.07, 6.45) is 0.176. The van der Waals surface area contributed by atoms with E-state index < -0.39 is 28.0 Å². The van der Waals surface area contributed by atoms with Gasteiger partial charge in [0.2, 0.25) is 10.0 Å². The molecule has 3 heterocycles. The highest BCUT2D eigenvalue weighted by atomic mass is 35.5. The summed E-state index contributed by atoms with van der Waals surface area (Å²) >= 11 is 5.97. The Morgan fingerprint density at radius 3 is 2.76 bits per heavy atom. The van der Waals surface area contributed by atoms with E-state index in [2.05, 4.69) is 30.3 Å². The number of rotatable bonds is 8. The van der Waals surface area contributed by atoms with E-state index in [1.165, 1.54) is 30.8 Å². The lowest BCUT2D eigenvalue weighted by Crippen LogP contribution is -2.19. The maximum absolute atomic E-state index is 13.5. The normalized spacial score (nSPS) is 12.3. The van der Waals surface area contributed by atoms with Crippen molar-refractivity contribution in [2.75, 3.05) is 23.4 Å². The molecule has 1 unspecified atom stereocenters. The second kappa shape index (κ2) is 10.3. The molecule has 2 N–H and O–H groups in total. The number of nitrogens with one attached hydrogen (secondary N) is 2. The van der Waals surface area contributed by atoms with Gasteiger partial charge >= 0.3 is 6.09 Å². The van der Waals surface area contributed by atoms with Crippen molar-refractivity contribution in [1.29, 1.82) is 0 Å². The average molecular weight is 514 g/mol. The molecule has 0 radical (unpaired) electrons. The van der Waals surface area contributed by atoms with Gasteiger partial charge < -0.3 is 9.47 Å². The van der Waals surface area contributed by atoms with Gasteiger partial charge in [0.25, 0.3) is 0 Å². The van der Waals surface area contributed by atoms with Crippen LogP contribution in [-0.4, -0.2) is 52.8 Å². The fourth-order valence-electron chi connectivity index (χ4n) is 2.92. The predicted molar refractivity (Wildman–Crippen MR) is 121 cm³/mol. The number of anilines is 2. The molecule has 0 saturated carbocycles. The number of halogens is 2. The van der Waals surface area contributed by atoms with Crippen molar-refractivity contribution in [1.82, 2.24) is 25.0 Å². The molecule has 182 valence electrons. The van der Waals surface area contributed by atoms with Crippen molar-refractivity contribution < 1.29 is 27.1 Å². The Hall–Kier alpha value is -3.36.